The van der Waals surface area contributed by atoms with Crippen LogP contribution in [0.1, 0.15) is 38.7 Å². The van der Waals surface area contributed by atoms with Gasteiger partial charge in [0.25, 0.3) is 0 Å². The average Bonchev–Trinajstić information content (AvgIpc) is 3.17. The molecular formula is C22H30N4O2. The van der Waals surface area contributed by atoms with E-state index in [9.17, 15) is 4.79 Å². The van der Waals surface area contributed by atoms with E-state index in [-0.39, 0.29) is 18.1 Å². The van der Waals surface area contributed by atoms with Crippen LogP contribution in [0.25, 0.3) is 11.1 Å². The Morgan fingerprint density at radius 2 is 1.96 bits per heavy atom. The number of carbonyl (C=O) groups excluding carboxylic acids is 1. The van der Waals surface area contributed by atoms with Gasteiger partial charge >= 0.3 is 0 Å². The lowest BCUT2D eigenvalue weighted by atomic mass is 10.1. The Hall–Kier alpha value is -2.31. The summed E-state index contributed by atoms with van der Waals surface area (Å²) >= 11 is 0. The van der Waals surface area contributed by atoms with Gasteiger partial charge in [0.1, 0.15) is 6.33 Å². The van der Waals surface area contributed by atoms with Gasteiger partial charge in [0.15, 0.2) is 0 Å². The summed E-state index contributed by atoms with van der Waals surface area (Å²) in [5.41, 5.74) is 3.32. The molecule has 1 atom stereocenters. The van der Waals surface area contributed by atoms with Crippen LogP contribution in [0.5, 0.6) is 0 Å². The number of hydrogen-bond acceptors (Lipinski definition) is 5. The van der Waals surface area contributed by atoms with E-state index in [0.717, 1.165) is 43.5 Å². The SMILES string of the molecule is CC(C)OCCCNC(=O)C1CCCN1Cc1ccc(-c2cncnc2)cc1. The summed E-state index contributed by atoms with van der Waals surface area (Å²) in [6.07, 6.45) is 8.24. The number of ether oxygens (including phenoxy) is 1. The van der Waals surface area contributed by atoms with Crippen molar-refractivity contribution >= 4 is 5.91 Å². The highest BCUT2D eigenvalue weighted by atomic mass is 16.5. The van der Waals surface area contributed by atoms with Gasteiger partial charge in [0.2, 0.25) is 5.91 Å². The number of hydrogen-bond donors (Lipinski definition) is 1. The summed E-state index contributed by atoms with van der Waals surface area (Å²) in [6, 6.07) is 8.40. The maximum absolute atomic E-state index is 12.6. The fourth-order valence-electron chi connectivity index (χ4n) is 3.52. The summed E-state index contributed by atoms with van der Waals surface area (Å²) in [5, 5.41) is 3.07. The molecule has 6 nitrogen and oxygen atoms in total. The minimum Gasteiger partial charge on any atom is -0.379 e. The maximum Gasteiger partial charge on any atom is 0.237 e. The first-order chi connectivity index (χ1) is 13.6. The van der Waals surface area contributed by atoms with Crippen LogP contribution in [0.4, 0.5) is 0 Å². The van der Waals surface area contributed by atoms with Crippen molar-refractivity contribution < 1.29 is 9.53 Å². The molecule has 0 saturated carbocycles. The molecule has 2 aromatic rings. The Kier molecular flexibility index (Phi) is 7.51. The summed E-state index contributed by atoms with van der Waals surface area (Å²) in [5.74, 6) is 0.139. The Bertz CT molecular complexity index is 734. The molecule has 1 aromatic heterocycles. The van der Waals surface area contributed by atoms with Crippen LogP contribution in [0, 0.1) is 0 Å². The molecule has 1 saturated heterocycles. The third kappa shape index (κ3) is 5.84. The minimum atomic E-state index is -0.0341. The van der Waals surface area contributed by atoms with Gasteiger partial charge in [-0.2, -0.15) is 0 Å². The van der Waals surface area contributed by atoms with E-state index in [0.29, 0.717) is 13.2 Å². The van der Waals surface area contributed by atoms with E-state index in [1.807, 2.05) is 26.2 Å². The van der Waals surface area contributed by atoms with Crippen molar-refractivity contribution in [3.05, 3.63) is 48.5 Å². The molecule has 28 heavy (non-hydrogen) atoms. The maximum atomic E-state index is 12.6. The predicted octanol–water partition coefficient (Wildman–Crippen LogP) is 3.04. The van der Waals surface area contributed by atoms with Crippen LogP contribution < -0.4 is 5.32 Å². The first-order valence-corrected chi connectivity index (χ1v) is 10.1. The van der Waals surface area contributed by atoms with Crippen LogP contribution in [-0.4, -0.2) is 52.6 Å². The number of likely N-dealkylation sites (tertiary alicyclic amines) is 1. The lowest BCUT2D eigenvalue weighted by molar-refractivity contribution is -0.125. The standard InChI is InChI=1S/C22H30N4O2/c1-17(2)28-12-4-10-25-22(27)21-5-3-11-26(21)15-18-6-8-19(9-7-18)20-13-23-16-24-14-20/h6-9,13-14,16-17,21H,3-5,10-12,15H2,1-2H3,(H,25,27). The molecule has 0 radical (unpaired) electrons. The summed E-state index contributed by atoms with van der Waals surface area (Å²) in [4.78, 5) is 23.0. The van der Waals surface area contributed by atoms with Crippen LogP contribution in [0.2, 0.25) is 0 Å². The molecule has 0 aliphatic carbocycles. The van der Waals surface area contributed by atoms with Gasteiger partial charge in [-0.25, -0.2) is 9.97 Å². The number of amides is 1. The highest BCUT2D eigenvalue weighted by molar-refractivity contribution is 5.82. The van der Waals surface area contributed by atoms with Gasteiger partial charge in [0, 0.05) is 37.7 Å². The zero-order valence-corrected chi connectivity index (χ0v) is 16.8. The van der Waals surface area contributed by atoms with Crippen LogP contribution in [0.15, 0.2) is 43.0 Å². The monoisotopic (exact) mass is 382 g/mol. The number of carbonyl (C=O) groups is 1. The lowest BCUT2D eigenvalue weighted by Gasteiger charge is -2.24. The zero-order chi connectivity index (χ0) is 19.8. The first kappa shape index (κ1) is 20.4. The number of benzene rings is 1. The zero-order valence-electron chi connectivity index (χ0n) is 16.8. The largest absolute Gasteiger partial charge is 0.379 e. The second-order valence-electron chi connectivity index (χ2n) is 7.52. The molecular weight excluding hydrogens is 352 g/mol. The molecule has 1 fully saturated rings. The van der Waals surface area contributed by atoms with Crippen molar-refractivity contribution in [1.29, 1.82) is 0 Å². The molecule has 0 bridgehead atoms. The van der Waals surface area contributed by atoms with E-state index in [4.69, 9.17) is 4.74 Å². The number of aromatic nitrogens is 2. The highest BCUT2D eigenvalue weighted by Gasteiger charge is 2.30. The van der Waals surface area contributed by atoms with E-state index in [2.05, 4.69) is 44.5 Å². The van der Waals surface area contributed by atoms with Crippen LogP contribution >= 0.6 is 0 Å². The van der Waals surface area contributed by atoms with Crippen molar-refractivity contribution in [3.63, 3.8) is 0 Å². The topological polar surface area (TPSA) is 67.3 Å². The normalized spacial score (nSPS) is 17.2. The van der Waals surface area contributed by atoms with E-state index >= 15 is 0 Å². The van der Waals surface area contributed by atoms with Gasteiger partial charge in [-0.15, -0.1) is 0 Å². The molecule has 2 heterocycles. The minimum absolute atomic E-state index is 0.0341. The molecule has 1 N–H and O–H groups in total. The van der Waals surface area contributed by atoms with E-state index in [1.165, 1.54) is 11.9 Å². The summed E-state index contributed by atoms with van der Waals surface area (Å²) in [7, 11) is 0. The van der Waals surface area contributed by atoms with E-state index < -0.39 is 0 Å². The Labute approximate surface area is 167 Å². The summed E-state index contributed by atoms with van der Waals surface area (Å²) in [6.45, 7) is 7.15. The third-order valence-corrected chi connectivity index (χ3v) is 4.97. The smallest absolute Gasteiger partial charge is 0.237 e. The van der Waals surface area contributed by atoms with Crippen molar-refractivity contribution in [3.8, 4) is 11.1 Å². The molecule has 1 aromatic carbocycles. The number of nitrogens with zero attached hydrogens (tertiary/aromatic N) is 3. The molecule has 1 unspecified atom stereocenters. The van der Waals surface area contributed by atoms with Gasteiger partial charge in [-0.05, 0) is 50.8 Å². The van der Waals surface area contributed by atoms with Crippen LogP contribution in [0.3, 0.4) is 0 Å². The lowest BCUT2D eigenvalue weighted by Crippen LogP contribution is -2.43. The Balaban J connectivity index is 1.50. The molecule has 1 amide bonds. The second-order valence-corrected chi connectivity index (χ2v) is 7.52. The van der Waals surface area contributed by atoms with Gasteiger partial charge in [0.05, 0.1) is 12.1 Å². The average molecular weight is 383 g/mol. The van der Waals surface area contributed by atoms with Crippen molar-refractivity contribution in [2.24, 2.45) is 0 Å². The van der Waals surface area contributed by atoms with E-state index in [1.54, 1.807) is 0 Å². The third-order valence-electron chi connectivity index (χ3n) is 4.97. The van der Waals surface area contributed by atoms with Crippen molar-refractivity contribution in [1.82, 2.24) is 20.2 Å². The first-order valence-electron chi connectivity index (χ1n) is 10.1. The molecule has 6 heteroatoms. The van der Waals surface area contributed by atoms with Crippen molar-refractivity contribution in [2.45, 2.75) is 51.8 Å². The fourth-order valence-corrected chi connectivity index (χ4v) is 3.52. The van der Waals surface area contributed by atoms with Gasteiger partial charge in [-0.3, -0.25) is 9.69 Å². The molecule has 3 rings (SSSR count). The quantitative estimate of drug-likeness (QED) is 0.675. The van der Waals surface area contributed by atoms with Crippen LogP contribution in [-0.2, 0) is 16.1 Å². The number of nitrogens with one attached hydrogen (secondary N) is 1. The summed E-state index contributed by atoms with van der Waals surface area (Å²) < 4.78 is 5.52. The van der Waals surface area contributed by atoms with Crippen molar-refractivity contribution in [2.75, 3.05) is 19.7 Å². The number of rotatable bonds is 9. The highest BCUT2D eigenvalue weighted by Crippen LogP contribution is 2.22. The Morgan fingerprint density at radius 1 is 1.21 bits per heavy atom. The fraction of sp³-hybridized carbons (Fsp3) is 0.500. The molecule has 1 aliphatic heterocycles. The second kappa shape index (κ2) is 10.3. The van der Waals surface area contributed by atoms with Gasteiger partial charge in [-0.1, -0.05) is 24.3 Å². The molecule has 150 valence electrons. The predicted molar refractivity (Wildman–Crippen MR) is 110 cm³/mol. The molecule has 0 spiro atoms. The van der Waals surface area contributed by atoms with Gasteiger partial charge < -0.3 is 10.1 Å². The molecule has 1 aliphatic rings. The Morgan fingerprint density at radius 3 is 2.68 bits per heavy atom.